The van der Waals surface area contributed by atoms with Gasteiger partial charge in [0.15, 0.2) is 11.5 Å². The molecule has 0 aliphatic rings. The third kappa shape index (κ3) is 5.69. The number of carbonyl (C=O) groups is 1. The van der Waals surface area contributed by atoms with Gasteiger partial charge in [-0.25, -0.2) is 0 Å². The molecule has 140 valence electrons. The van der Waals surface area contributed by atoms with Gasteiger partial charge in [0, 0.05) is 31.4 Å². The van der Waals surface area contributed by atoms with E-state index in [2.05, 4.69) is 29.4 Å². The third-order valence-electron chi connectivity index (χ3n) is 3.96. The number of nitrogens with zero attached hydrogens (tertiary/aromatic N) is 1. The lowest BCUT2D eigenvalue weighted by Crippen LogP contribution is -2.28. The topological polar surface area (TPSA) is 50.8 Å². The van der Waals surface area contributed by atoms with E-state index in [1.165, 1.54) is 5.69 Å². The molecule has 0 spiro atoms. The molecule has 0 saturated carbocycles. The first-order chi connectivity index (χ1) is 12.7. The van der Waals surface area contributed by atoms with Gasteiger partial charge < -0.3 is 19.7 Å². The van der Waals surface area contributed by atoms with Crippen LogP contribution >= 0.6 is 0 Å². The number of carbonyl (C=O) groups excluding carboxylic acids is 1. The minimum Gasteiger partial charge on any atom is -0.490 e. The Morgan fingerprint density at radius 2 is 1.69 bits per heavy atom. The van der Waals surface area contributed by atoms with Crippen molar-refractivity contribution in [3.05, 3.63) is 54.1 Å². The highest BCUT2D eigenvalue weighted by Gasteiger charge is 2.11. The van der Waals surface area contributed by atoms with Crippen molar-refractivity contribution in [3.8, 4) is 11.5 Å². The van der Waals surface area contributed by atoms with Crippen LogP contribution in [0.25, 0.3) is 0 Å². The zero-order chi connectivity index (χ0) is 18.8. The van der Waals surface area contributed by atoms with Gasteiger partial charge in [-0.3, -0.25) is 4.79 Å². The monoisotopic (exact) mass is 356 g/mol. The fourth-order valence-electron chi connectivity index (χ4n) is 2.62. The van der Waals surface area contributed by atoms with Gasteiger partial charge >= 0.3 is 0 Å². The Hall–Kier alpha value is -2.69. The number of para-hydroxylation sites is 1. The van der Waals surface area contributed by atoms with E-state index in [1.807, 2.05) is 32.0 Å². The van der Waals surface area contributed by atoms with E-state index < -0.39 is 0 Å². The van der Waals surface area contributed by atoms with Gasteiger partial charge in [0.1, 0.15) is 0 Å². The fraction of sp³-hybridized carbons (Fsp3) is 0.381. The average Bonchev–Trinajstić information content (AvgIpc) is 2.67. The quantitative estimate of drug-likeness (QED) is 0.659. The molecule has 0 heterocycles. The number of rotatable bonds is 10. The summed E-state index contributed by atoms with van der Waals surface area (Å²) in [5.41, 5.74) is 1.75. The Balaban J connectivity index is 1.84. The summed E-state index contributed by atoms with van der Waals surface area (Å²) in [6.45, 7) is 6.40. The highest BCUT2D eigenvalue weighted by molar-refractivity contribution is 5.94. The Morgan fingerprint density at radius 3 is 2.38 bits per heavy atom. The number of ether oxygens (including phenoxy) is 2. The molecule has 1 amide bonds. The highest BCUT2D eigenvalue weighted by atomic mass is 16.5. The first kappa shape index (κ1) is 19.6. The number of amides is 1. The molecule has 0 unspecified atom stereocenters. The molecule has 0 saturated heterocycles. The van der Waals surface area contributed by atoms with E-state index in [9.17, 15) is 4.79 Å². The number of nitrogens with one attached hydrogen (secondary N) is 1. The van der Waals surface area contributed by atoms with Crippen molar-refractivity contribution in [2.75, 3.05) is 38.3 Å². The molecule has 0 aliphatic carbocycles. The summed E-state index contributed by atoms with van der Waals surface area (Å²) in [6, 6.07) is 15.5. The first-order valence-corrected chi connectivity index (χ1v) is 9.09. The van der Waals surface area contributed by atoms with Crippen LogP contribution in [-0.4, -0.2) is 39.3 Å². The highest BCUT2D eigenvalue weighted by Crippen LogP contribution is 2.28. The molecule has 5 nitrogen and oxygen atoms in total. The molecule has 0 aliphatic heterocycles. The van der Waals surface area contributed by atoms with Gasteiger partial charge in [-0.2, -0.15) is 0 Å². The molecular weight excluding hydrogens is 328 g/mol. The number of hydrogen-bond donors (Lipinski definition) is 1. The number of anilines is 1. The summed E-state index contributed by atoms with van der Waals surface area (Å²) >= 11 is 0. The summed E-state index contributed by atoms with van der Waals surface area (Å²) in [7, 11) is 2.05. The van der Waals surface area contributed by atoms with Crippen LogP contribution in [0.15, 0.2) is 48.5 Å². The molecule has 0 fully saturated rings. The minimum absolute atomic E-state index is 0.101. The predicted molar refractivity (Wildman–Crippen MR) is 105 cm³/mol. The standard InChI is InChI=1S/C21H28N2O3/c1-4-25-19-13-12-17(16-20(19)26-5-2)21(24)22-14-9-15-23(3)18-10-7-6-8-11-18/h6-8,10-13,16H,4-5,9,14-15H2,1-3H3,(H,22,24). The molecular formula is C21H28N2O3. The lowest BCUT2D eigenvalue weighted by atomic mass is 10.2. The molecule has 2 aromatic rings. The zero-order valence-corrected chi connectivity index (χ0v) is 15.8. The summed E-state index contributed by atoms with van der Waals surface area (Å²) in [5, 5.41) is 2.96. The molecule has 0 atom stereocenters. The summed E-state index contributed by atoms with van der Waals surface area (Å²) in [6.07, 6.45) is 0.868. The van der Waals surface area contributed by atoms with Crippen LogP contribution in [0, 0.1) is 0 Å². The smallest absolute Gasteiger partial charge is 0.251 e. The van der Waals surface area contributed by atoms with E-state index in [0.717, 1.165) is 13.0 Å². The molecule has 0 aromatic heterocycles. The molecule has 2 rings (SSSR count). The van der Waals surface area contributed by atoms with E-state index >= 15 is 0 Å². The van der Waals surface area contributed by atoms with Gasteiger partial charge in [-0.1, -0.05) is 18.2 Å². The molecule has 26 heavy (non-hydrogen) atoms. The minimum atomic E-state index is -0.101. The van der Waals surface area contributed by atoms with Crippen LogP contribution in [0.4, 0.5) is 5.69 Å². The number of benzene rings is 2. The van der Waals surface area contributed by atoms with Crippen LogP contribution in [0.5, 0.6) is 11.5 Å². The van der Waals surface area contributed by atoms with E-state index in [1.54, 1.807) is 18.2 Å². The maximum absolute atomic E-state index is 12.4. The normalized spacial score (nSPS) is 10.3. The van der Waals surface area contributed by atoms with Crippen molar-refractivity contribution in [2.45, 2.75) is 20.3 Å². The van der Waals surface area contributed by atoms with Gasteiger partial charge in [-0.15, -0.1) is 0 Å². The average molecular weight is 356 g/mol. The second-order valence-electron chi connectivity index (χ2n) is 5.89. The van der Waals surface area contributed by atoms with Crippen molar-refractivity contribution in [3.63, 3.8) is 0 Å². The fourth-order valence-corrected chi connectivity index (χ4v) is 2.62. The number of hydrogen-bond acceptors (Lipinski definition) is 4. The second kappa shape index (κ2) is 10.3. The lowest BCUT2D eigenvalue weighted by molar-refractivity contribution is 0.0953. The Labute approximate surface area is 155 Å². The lowest BCUT2D eigenvalue weighted by Gasteiger charge is -2.19. The molecule has 1 N–H and O–H groups in total. The van der Waals surface area contributed by atoms with Gasteiger partial charge in [0.05, 0.1) is 13.2 Å². The van der Waals surface area contributed by atoms with Crippen LogP contribution < -0.4 is 19.7 Å². The van der Waals surface area contributed by atoms with E-state index in [0.29, 0.717) is 36.8 Å². The molecule has 2 aromatic carbocycles. The molecule has 0 radical (unpaired) electrons. The maximum atomic E-state index is 12.4. The largest absolute Gasteiger partial charge is 0.490 e. The van der Waals surface area contributed by atoms with Crippen LogP contribution in [-0.2, 0) is 0 Å². The Morgan fingerprint density at radius 1 is 1.00 bits per heavy atom. The summed E-state index contributed by atoms with van der Waals surface area (Å²) in [4.78, 5) is 14.5. The summed E-state index contributed by atoms with van der Waals surface area (Å²) < 4.78 is 11.1. The second-order valence-corrected chi connectivity index (χ2v) is 5.89. The summed E-state index contributed by atoms with van der Waals surface area (Å²) in [5.74, 6) is 1.16. The van der Waals surface area contributed by atoms with E-state index in [4.69, 9.17) is 9.47 Å². The van der Waals surface area contributed by atoms with Crippen molar-refractivity contribution < 1.29 is 14.3 Å². The van der Waals surface area contributed by atoms with Gasteiger partial charge in [-0.05, 0) is 50.6 Å². The first-order valence-electron chi connectivity index (χ1n) is 9.09. The Kier molecular flexibility index (Phi) is 7.80. The van der Waals surface area contributed by atoms with Crippen molar-refractivity contribution in [2.24, 2.45) is 0 Å². The third-order valence-corrected chi connectivity index (χ3v) is 3.96. The van der Waals surface area contributed by atoms with Gasteiger partial charge in [0.25, 0.3) is 5.91 Å². The molecule has 5 heteroatoms. The van der Waals surface area contributed by atoms with Crippen LogP contribution in [0.1, 0.15) is 30.6 Å². The Bertz CT molecular complexity index is 689. The molecule has 0 bridgehead atoms. The van der Waals surface area contributed by atoms with E-state index in [-0.39, 0.29) is 5.91 Å². The van der Waals surface area contributed by atoms with Crippen molar-refractivity contribution >= 4 is 11.6 Å². The van der Waals surface area contributed by atoms with Crippen molar-refractivity contribution in [1.82, 2.24) is 5.32 Å². The SMILES string of the molecule is CCOc1ccc(C(=O)NCCCN(C)c2ccccc2)cc1OCC. The van der Waals surface area contributed by atoms with Gasteiger partial charge in [0.2, 0.25) is 0 Å². The van der Waals surface area contributed by atoms with Crippen LogP contribution in [0.2, 0.25) is 0 Å². The van der Waals surface area contributed by atoms with Crippen LogP contribution in [0.3, 0.4) is 0 Å². The predicted octanol–water partition coefficient (Wildman–Crippen LogP) is 3.74. The maximum Gasteiger partial charge on any atom is 0.251 e. The zero-order valence-electron chi connectivity index (χ0n) is 15.8. The van der Waals surface area contributed by atoms with Crippen molar-refractivity contribution in [1.29, 1.82) is 0 Å².